The lowest BCUT2D eigenvalue weighted by Crippen LogP contribution is -2.38. The van der Waals surface area contributed by atoms with Crippen molar-refractivity contribution >= 4 is 39.0 Å². The molecule has 0 amide bonds. The zero-order valence-electron chi connectivity index (χ0n) is 16.2. The number of morpholine rings is 1. The molecule has 31 heavy (non-hydrogen) atoms. The van der Waals surface area contributed by atoms with E-state index in [1.807, 2.05) is 4.90 Å². The number of anilines is 1. The molecule has 0 bridgehead atoms. The Hall–Kier alpha value is -3.19. The number of sulfone groups is 1. The molecule has 3 heterocycles. The van der Waals surface area contributed by atoms with Crippen LogP contribution in [0, 0.1) is 11.3 Å². The smallest absolute Gasteiger partial charge is 0.267 e. The average Bonchev–Trinajstić information content (AvgIpc) is 2.79. The number of nitrogens with zero attached hydrogens (tertiary/aromatic N) is 4. The van der Waals surface area contributed by atoms with Gasteiger partial charge >= 0.3 is 0 Å². The van der Waals surface area contributed by atoms with Crippen LogP contribution in [0.3, 0.4) is 0 Å². The minimum Gasteiger partial charge on any atom is -0.378 e. The lowest BCUT2D eigenvalue weighted by atomic mass is 10.2. The maximum Gasteiger partial charge on any atom is 0.267 e. The van der Waals surface area contributed by atoms with Crippen molar-refractivity contribution < 1.29 is 13.2 Å². The molecule has 0 unspecified atom stereocenters. The molecule has 0 N–H and O–H groups in total. The molecule has 1 aliphatic heterocycles. The highest BCUT2D eigenvalue weighted by atomic mass is 35.5. The second-order valence-electron chi connectivity index (χ2n) is 6.76. The van der Waals surface area contributed by atoms with Crippen molar-refractivity contribution in [2.24, 2.45) is 0 Å². The van der Waals surface area contributed by atoms with E-state index in [0.29, 0.717) is 42.8 Å². The fourth-order valence-corrected chi connectivity index (χ4v) is 4.54. The molecule has 0 atom stereocenters. The molecule has 0 radical (unpaired) electrons. The molecule has 0 saturated carbocycles. The Morgan fingerprint density at radius 2 is 1.87 bits per heavy atom. The van der Waals surface area contributed by atoms with Crippen LogP contribution in [0.15, 0.2) is 63.3 Å². The highest BCUT2D eigenvalue weighted by Gasteiger charge is 2.25. The van der Waals surface area contributed by atoms with Gasteiger partial charge in [0.15, 0.2) is 0 Å². The van der Waals surface area contributed by atoms with E-state index in [2.05, 4.69) is 4.98 Å². The van der Waals surface area contributed by atoms with Gasteiger partial charge in [0.2, 0.25) is 9.84 Å². The van der Waals surface area contributed by atoms with Crippen LogP contribution in [0.4, 0.5) is 5.82 Å². The molecule has 158 valence electrons. The summed E-state index contributed by atoms with van der Waals surface area (Å²) >= 11 is 5.85. The molecule has 1 aromatic carbocycles. The van der Waals surface area contributed by atoms with E-state index < -0.39 is 20.3 Å². The first-order valence-corrected chi connectivity index (χ1v) is 11.2. The molecule has 10 heteroatoms. The van der Waals surface area contributed by atoms with Crippen LogP contribution >= 0.6 is 11.6 Å². The number of nitriles is 1. The Morgan fingerprint density at radius 1 is 1.16 bits per heavy atom. The Balaban J connectivity index is 1.94. The summed E-state index contributed by atoms with van der Waals surface area (Å²) in [6.45, 7) is 1.88. The molecule has 3 aromatic rings. The molecular formula is C21H17ClN4O4S. The number of benzene rings is 1. The monoisotopic (exact) mass is 456 g/mol. The summed E-state index contributed by atoms with van der Waals surface area (Å²) in [6.07, 6.45) is 2.65. The molecular weight excluding hydrogens is 440 g/mol. The van der Waals surface area contributed by atoms with Gasteiger partial charge in [-0.2, -0.15) is 5.26 Å². The minimum atomic E-state index is -4.16. The average molecular weight is 457 g/mol. The summed E-state index contributed by atoms with van der Waals surface area (Å²) in [5.74, 6) is 0.318. The van der Waals surface area contributed by atoms with Crippen LogP contribution in [0.2, 0.25) is 5.02 Å². The zero-order chi connectivity index (χ0) is 22.0. The number of allylic oxidation sites excluding steroid dienone is 1. The molecule has 1 fully saturated rings. The van der Waals surface area contributed by atoms with Gasteiger partial charge in [0.05, 0.1) is 23.7 Å². The van der Waals surface area contributed by atoms with E-state index in [4.69, 9.17) is 16.3 Å². The molecule has 0 spiro atoms. The Labute approximate surface area is 183 Å². The number of rotatable bonds is 4. The van der Waals surface area contributed by atoms with Crippen LogP contribution in [0.1, 0.15) is 5.56 Å². The van der Waals surface area contributed by atoms with Crippen molar-refractivity contribution in [1.82, 2.24) is 9.38 Å². The topological polar surface area (TPSA) is 105 Å². The molecule has 1 aliphatic rings. The van der Waals surface area contributed by atoms with Gasteiger partial charge in [-0.25, -0.2) is 13.4 Å². The van der Waals surface area contributed by atoms with Crippen LogP contribution in [0.5, 0.6) is 0 Å². The third kappa shape index (κ3) is 4.05. The maximum absolute atomic E-state index is 13.3. The zero-order valence-corrected chi connectivity index (χ0v) is 17.8. The van der Waals surface area contributed by atoms with E-state index in [9.17, 15) is 18.5 Å². The van der Waals surface area contributed by atoms with E-state index in [1.165, 1.54) is 28.7 Å². The maximum atomic E-state index is 13.3. The quantitative estimate of drug-likeness (QED) is 0.555. The number of halogens is 1. The lowest BCUT2D eigenvalue weighted by molar-refractivity contribution is 0.122. The molecule has 2 aromatic heterocycles. The summed E-state index contributed by atoms with van der Waals surface area (Å²) in [5, 5.41) is 10.0. The van der Waals surface area contributed by atoms with Gasteiger partial charge in [-0.15, -0.1) is 0 Å². The molecule has 4 rings (SSSR count). The molecule has 8 nitrogen and oxygen atoms in total. The number of aromatic nitrogens is 2. The highest BCUT2D eigenvalue weighted by molar-refractivity contribution is 7.95. The summed E-state index contributed by atoms with van der Waals surface area (Å²) in [4.78, 5) is 19.0. The Bertz CT molecular complexity index is 1370. The van der Waals surface area contributed by atoms with Gasteiger partial charge in [0, 0.05) is 24.3 Å². The van der Waals surface area contributed by atoms with Crippen LogP contribution in [-0.4, -0.2) is 44.1 Å². The minimum absolute atomic E-state index is 0.0275. The second kappa shape index (κ2) is 8.51. The first-order valence-electron chi connectivity index (χ1n) is 9.38. The van der Waals surface area contributed by atoms with E-state index in [-0.39, 0.29) is 10.5 Å². The van der Waals surface area contributed by atoms with Crippen LogP contribution in [0.25, 0.3) is 11.7 Å². The summed E-state index contributed by atoms with van der Waals surface area (Å²) in [6, 6.07) is 12.3. The second-order valence-corrected chi connectivity index (χ2v) is 9.11. The first kappa shape index (κ1) is 21.1. The SMILES string of the molecule is N#C/C(=C\c1c(N2CCOCC2)nc2ccccn2c1=O)S(=O)(=O)c1ccc(Cl)cc1. The van der Waals surface area contributed by atoms with E-state index >= 15 is 0 Å². The van der Waals surface area contributed by atoms with Gasteiger partial charge in [0.25, 0.3) is 5.56 Å². The number of ether oxygens (including phenoxy) is 1. The van der Waals surface area contributed by atoms with Gasteiger partial charge in [-0.05, 0) is 42.5 Å². The summed E-state index contributed by atoms with van der Waals surface area (Å²) in [5.41, 5.74) is -0.0176. The Morgan fingerprint density at radius 3 is 2.55 bits per heavy atom. The number of hydrogen-bond acceptors (Lipinski definition) is 7. The van der Waals surface area contributed by atoms with Crippen molar-refractivity contribution in [3.8, 4) is 6.07 Å². The van der Waals surface area contributed by atoms with Crippen LogP contribution < -0.4 is 10.5 Å². The van der Waals surface area contributed by atoms with Gasteiger partial charge in [-0.1, -0.05) is 17.7 Å². The van der Waals surface area contributed by atoms with Crippen molar-refractivity contribution in [3.05, 3.63) is 74.5 Å². The van der Waals surface area contributed by atoms with Crippen molar-refractivity contribution in [3.63, 3.8) is 0 Å². The summed E-state index contributed by atoms with van der Waals surface area (Å²) in [7, 11) is -4.16. The van der Waals surface area contributed by atoms with Gasteiger partial charge in [0.1, 0.15) is 22.4 Å². The van der Waals surface area contributed by atoms with Gasteiger partial charge in [-0.3, -0.25) is 9.20 Å². The largest absolute Gasteiger partial charge is 0.378 e. The molecule has 1 saturated heterocycles. The Kier molecular flexibility index (Phi) is 5.78. The number of pyridine rings is 1. The third-order valence-corrected chi connectivity index (χ3v) is 6.79. The summed E-state index contributed by atoms with van der Waals surface area (Å²) < 4.78 is 32.8. The van der Waals surface area contributed by atoms with Gasteiger partial charge < -0.3 is 9.64 Å². The van der Waals surface area contributed by atoms with Crippen LogP contribution in [-0.2, 0) is 14.6 Å². The third-order valence-electron chi connectivity index (χ3n) is 4.86. The standard InChI is InChI=1S/C21H17ClN4O4S/c22-15-4-6-16(7-5-15)31(28,29)17(14-23)13-18-20(25-9-11-30-12-10-25)24-19-3-1-2-8-26(19)21(18)27/h1-8,13H,9-12H2/b17-13+. The predicted octanol–water partition coefficient (Wildman–Crippen LogP) is 2.52. The fourth-order valence-electron chi connectivity index (χ4n) is 3.28. The highest BCUT2D eigenvalue weighted by Crippen LogP contribution is 2.25. The molecule has 0 aliphatic carbocycles. The lowest BCUT2D eigenvalue weighted by Gasteiger charge is -2.29. The van der Waals surface area contributed by atoms with E-state index in [0.717, 1.165) is 6.08 Å². The first-order chi connectivity index (χ1) is 14.9. The number of fused-ring (bicyclic) bond motifs is 1. The fraction of sp³-hybridized carbons (Fsp3) is 0.190. The van der Waals surface area contributed by atoms with Crippen molar-refractivity contribution in [1.29, 1.82) is 5.26 Å². The number of hydrogen-bond donors (Lipinski definition) is 0. The van der Waals surface area contributed by atoms with E-state index in [1.54, 1.807) is 30.5 Å². The van der Waals surface area contributed by atoms with Crippen molar-refractivity contribution in [2.45, 2.75) is 4.90 Å². The van der Waals surface area contributed by atoms with Crippen molar-refractivity contribution in [2.75, 3.05) is 31.2 Å². The normalized spacial score (nSPS) is 15.1. The predicted molar refractivity (Wildman–Crippen MR) is 117 cm³/mol.